The summed E-state index contributed by atoms with van der Waals surface area (Å²) >= 11 is 0. The molecule has 0 bridgehead atoms. The highest BCUT2D eigenvalue weighted by Gasteiger charge is 2.08. The van der Waals surface area contributed by atoms with Crippen molar-refractivity contribution in [2.45, 2.75) is 13.5 Å². The van der Waals surface area contributed by atoms with Crippen LogP contribution in [0.5, 0.6) is 0 Å². The maximum atomic E-state index is 12.4. The van der Waals surface area contributed by atoms with Crippen molar-refractivity contribution in [1.82, 2.24) is 24.3 Å². The third kappa shape index (κ3) is 2.49. The van der Waals surface area contributed by atoms with Gasteiger partial charge in [-0.1, -0.05) is 0 Å². The van der Waals surface area contributed by atoms with Crippen LogP contribution in [0.15, 0.2) is 35.6 Å². The molecule has 0 aliphatic carbocycles. The number of aromatic nitrogens is 5. The molecule has 0 saturated carbocycles. The van der Waals surface area contributed by atoms with E-state index >= 15 is 0 Å². The summed E-state index contributed by atoms with van der Waals surface area (Å²) < 4.78 is 3.13. The normalized spacial score (nSPS) is 11.0. The van der Waals surface area contributed by atoms with Crippen LogP contribution in [-0.4, -0.2) is 30.9 Å². The van der Waals surface area contributed by atoms with Crippen molar-refractivity contribution in [3.05, 3.63) is 46.9 Å². The molecule has 3 aromatic heterocycles. The lowest BCUT2D eigenvalue weighted by atomic mass is 10.3. The molecule has 3 rings (SSSR count). The molecule has 0 saturated heterocycles. The lowest BCUT2D eigenvalue weighted by Gasteiger charge is -2.07. The van der Waals surface area contributed by atoms with Crippen molar-refractivity contribution in [1.29, 1.82) is 0 Å². The third-order valence-electron chi connectivity index (χ3n) is 3.25. The Labute approximate surface area is 121 Å². The van der Waals surface area contributed by atoms with E-state index < -0.39 is 0 Å². The second-order valence-corrected chi connectivity index (χ2v) is 4.75. The number of nitrogens with zero attached hydrogens (tertiary/aromatic N) is 5. The van der Waals surface area contributed by atoms with Gasteiger partial charge >= 0.3 is 0 Å². The fourth-order valence-corrected chi connectivity index (χ4v) is 2.23. The topological polar surface area (TPSA) is 77.6 Å². The molecule has 0 fully saturated rings. The first-order chi connectivity index (χ1) is 10.2. The van der Waals surface area contributed by atoms with Gasteiger partial charge in [-0.15, -0.1) is 0 Å². The number of hydrogen-bond acceptors (Lipinski definition) is 5. The summed E-state index contributed by atoms with van der Waals surface area (Å²) in [5.41, 5.74) is 2.28. The SMILES string of the molecule is CCNc1ccnc(Cn2cnc3c(cnn3C)c2=O)c1. The van der Waals surface area contributed by atoms with Crippen molar-refractivity contribution in [2.75, 3.05) is 11.9 Å². The van der Waals surface area contributed by atoms with Crippen LogP contribution in [0.4, 0.5) is 5.69 Å². The van der Waals surface area contributed by atoms with Crippen LogP contribution < -0.4 is 10.9 Å². The summed E-state index contributed by atoms with van der Waals surface area (Å²) in [6.45, 7) is 3.26. The van der Waals surface area contributed by atoms with Gasteiger partial charge in [0.2, 0.25) is 0 Å². The van der Waals surface area contributed by atoms with Gasteiger partial charge in [0.1, 0.15) is 11.7 Å². The molecule has 0 radical (unpaired) electrons. The second-order valence-electron chi connectivity index (χ2n) is 4.75. The van der Waals surface area contributed by atoms with Gasteiger partial charge in [-0.25, -0.2) is 4.98 Å². The molecular weight excluding hydrogens is 268 g/mol. The average molecular weight is 284 g/mol. The smallest absolute Gasteiger partial charge is 0.264 e. The van der Waals surface area contributed by atoms with Crippen molar-refractivity contribution in [3.8, 4) is 0 Å². The lowest BCUT2D eigenvalue weighted by molar-refractivity contribution is 0.722. The first-order valence-electron chi connectivity index (χ1n) is 6.75. The molecule has 0 aliphatic heterocycles. The maximum Gasteiger partial charge on any atom is 0.264 e. The molecule has 1 N–H and O–H groups in total. The molecule has 0 atom stereocenters. The third-order valence-corrected chi connectivity index (χ3v) is 3.25. The molecule has 0 unspecified atom stereocenters. The van der Waals surface area contributed by atoms with Crippen LogP contribution in [0, 0.1) is 0 Å². The first kappa shape index (κ1) is 13.3. The Morgan fingerprint density at radius 2 is 2.19 bits per heavy atom. The minimum Gasteiger partial charge on any atom is -0.385 e. The molecule has 7 heteroatoms. The Morgan fingerprint density at radius 3 is 3.00 bits per heavy atom. The van der Waals surface area contributed by atoms with Crippen molar-refractivity contribution >= 4 is 16.7 Å². The van der Waals surface area contributed by atoms with E-state index in [-0.39, 0.29) is 5.56 Å². The van der Waals surface area contributed by atoms with Crippen LogP contribution in [-0.2, 0) is 13.6 Å². The number of fused-ring (bicyclic) bond motifs is 1. The van der Waals surface area contributed by atoms with E-state index in [2.05, 4.69) is 20.4 Å². The fourth-order valence-electron chi connectivity index (χ4n) is 2.23. The molecule has 0 amide bonds. The lowest BCUT2D eigenvalue weighted by Crippen LogP contribution is -2.21. The van der Waals surface area contributed by atoms with Crippen molar-refractivity contribution < 1.29 is 0 Å². The van der Waals surface area contributed by atoms with E-state index in [9.17, 15) is 4.79 Å². The highest BCUT2D eigenvalue weighted by molar-refractivity contribution is 5.72. The Kier molecular flexibility index (Phi) is 3.39. The Balaban J connectivity index is 1.96. The Morgan fingerprint density at radius 1 is 1.33 bits per heavy atom. The van der Waals surface area contributed by atoms with Crippen LogP contribution >= 0.6 is 0 Å². The van der Waals surface area contributed by atoms with E-state index in [1.54, 1.807) is 28.7 Å². The summed E-state index contributed by atoms with van der Waals surface area (Å²) in [6, 6.07) is 3.84. The fraction of sp³-hybridized carbons (Fsp3) is 0.286. The summed E-state index contributed by atoms with van der Waals surface area (Å²) in [6.07, 6.45) is 4.81. The molecule has 21 heavy (non-hydrogen) atoms. The minimum absolute atomic E-state index is 0.108. The summed E-state index contributed by atoms with van der Waals surface area (Å²) in [5.74, 6) is 0. The summed E-state index contributed by atoms with van der Waals surface area (Å²) in [5, 5.41) is 7.80. The van der Waals surface area contributed by atoms with Gasteiger partial charge in [-0.3, -0.25) is 19.0 Å². The van der Waals surface area contributed by atoms with Crippen LogP contribution in [0.3, 0.4) is 0 Å². The van der Waals surface area contributed by atoms with Crippen LogP contribution in [0.2, 0.25) is 0 Å². The predicted octanol–water partition coefficient (Wildman–Crippen LogP) is 1.01. The number of nitrogens with one attached hydrogen (secondary N) is 1. The van der Waals surface area contributed by atoms with E-state index in [0.717, 1.165) is 17.9 Å². The standard InChI is InChI=1S/C14H16N6O/c1-3-15-10-4-5-16-11(6-10)8-20-9-17-13-12(14(20)21)7-18-19(13)2/h4-7,9H,3,8H2,1-2H3,(H,15,16). The van der Waals surface area contributed by atoms with Crippen molar-refractivity contribution in [2.24, 2.45) is 7.05 Å². The Bertz CT molecular complexity index is 835. The van der Waals surface area contributed by atoms with E-state index in [4.69, 9.17) is 0 Å². The van der Waals surface area contributed by atoms with Gasteiger partial charge in [0.15, 0.2) is 5.65 Å². The van der Waals surface area contributed by atoms with Gasteiger partial charge < -0.3 is 5.32 Å². The molecule has 3 heterocycles. The van der Waals surface area contributed by atoms with Gasteiger partial charge in [0, 0.05) is 25.5 Å². The number of anilines is 1. The van der Waals surface area contributed by atoms with E-state index in [1.165, 1.54) is 6.33 Å². The molecule has 108 valence electrons. The zero-order valence-corrected chi connectivity index (χ0v) is 11.9. The number of aryl methyl sites for hydroxylation is 1. The summed E-state index contributed by atoms with van der Waals surface area (Å²) in [7, 11) is 1.76. The van der Waals surface area contributed by atoms with Crippen molar-refractivity contribution in [3.63, 3.8) is 0 Å². The quantitative estimate of drug-likeness (QED) is 0.773. The summed E-state index contributed by atoms with van der Waals surface area (Å²) in [4.78, 5) is 21.0. The van der Waals surface area contributed by atoms with Crippen LogP contribution in [0.25, 0.3) is 11.0 Å². The number of hydrogen-bond donors (Lipinski definition) is 1. The molecule has 0 aliphatic rings. The van der Waals surface area contributed by atoms with Crippen LogP contribution in [0.1, 0.15) is 12.6 Å². The zero-order valence-electron chi connectivity index (χ0n) is 11.9. The Hall–Kier alpha value is -2.70. The van der Waals surface area contributed by atoms with Gasteiger partial charge in [-0.05, 0) is 19.1 Å². The van der Waals surface area contributed by atoms with Gasteiger partial charge in [0.25, 0.3) is 5.56 Å². The second kappa shape index (κ2) is 5.35. The molecule has 0 spiro atoms. The monoisotopic (exact) mass is 284 g/mol. The predicted molar refractivity (Wildman–Crippen MR) is 80.3 cm³/mol. The zero-order chi connectivity index (χ0) is 14.8. The minimum atomic E-state index is -0.108. The molecule has 3 aromatic rings. The number of rotatable bonds is 4. The molecular formula is C14H16N6O. The van der Waals surface area contributed by atoms with Gasteiger partial charge in [0.05, 0.1) is 18.4 Å². The largest absolute Gasteiger partial charge is 0.385 e. The highest BCUT2D eigenvalue weighted by atomic mass is 16.1. The maximum absolute atomic E-state index is 12.4. The van der Waals surface area contributed by atoms with E-state index in [1.807, 2.05) is 19.1 Å². The van der Waals surface area contributed by atoms with E-state index in [0.29, 0.717) is 17.6 Å². The molecule has 7 nitrogen and oxygen atoms in total. The first-order valence-corrected chi connectivity index (χ1v) is 6.75. The highest BCUT2D eigenvalue weighted by Crippen LogP contribution is 2.09. The average Bonchev–Trinajstić information content (AvgIpc) is 2.85. The molecule has 0 aromatic carbocycles. The van der Waals surface area contributed by atoms with Gasteiger partial charge in [-0.2, -0.15) is 5.10 Å². The number of pyridine rings is 1.